The molecule has 5 heteroatoms. The largest absolute Gasteiger partial charge is 0.316 e. The lowest BCUT2D eigenvalue weighted by Crippen LogP contribution is -2.62. The third kappa shape index (κ3) is 1.90. The Bertz CT molecular complexity index is 491. The van der Waals surface area contributed by atoms with Crippen molar-refractivity contribution in [2.24, 2.45) is 11.3 Å². The fraction of sp³-hybridized carbons (Fsp3) is 0.733. The highest BCUT2D eigenvalue weighted by molar-refractivity contribution is 7.98. The number of rotatable bonds is 3. The van der Waals surface area contributed by atoms with Crippen LogP contribution in [0.5, 0.6) is 0 Å². The fourth-order valence-corrected chi connectivity index (χ4v) is 4.86. The number of likely N-dealkylation sites (tertiary alicyclic amines) is 1. The first kappa shape index (κ1) is 13.0. The Morgan fingerprint density at radius 2 is 2.30 bits per heavy atom. The molecule has 1 aliphatic carbocycles. The predicted octanol–water partition coefficient (Wildman–Crippen LogP) is 1.77. The van der Waals surface area contributed by atoms with Gasteiger partial charge in [0.15, 0.2) is 5.16 Å². The number of thioether (sulfide) groups is 1. The predicted molar refractivity (Wildman–Crippen MR) is 80.7 cm³/mol. The fourth-order valence-electron chi connectivity index (χ4n) is 4.55. The molecule has 0 amide bonds. The van der Waals surface area contributed by atoms with Gasteiger partial charge in [-0.2, -0.15) is 0 Å². The Kier molecular flexibility index (Phi) is 3.24. The summed E-state index contributed by atoms with van der Waals surface area (Å²) >= 11 is 1.60. The molecular formula is C15H22N4S. The summed E-state index contributed by atoms with van der Waals surface area (Å²) in [5, 5.41) is 4.49. The van der Waals surface area contributed by atoms with E-state index in [1.807, 2.05) is 18.6 Å². The van der Waals surface area contributed by atoms with Crippen LogP contribution in [0.2, 0.25) is 0 Å². The van der Waals surface area contributed by atoms with Gasteiger partial charge >= 0.3 is 0 Å². The molecule has 2 aliphatic heterocycles. The molecule has 1 N–H and O–H groups in total. The van der Waals surface area contributed by atoms with Gasteiger partial charge in [-0.3, -0.25) is 4.90 Å². The standard InChI is InChI=1S/C15H22N4S/c1-20-14-17-7-11(8-18-14)9-19-5-3-15-10-16-4-2-12(15)6-13(15)19/h7-8,12-13,16H,2-6,9-10H2,1H3. The first-order chi connectivity index (χ1) is 9.82. The number of aromatic nitrogens is 2. The minimum atomic E-state index is 0.596. The maximum atomic E-state index is 4.39. The minimum absolute atomic E-state index is 0.596. The molecule has 0 radical (unpaired) electrons. The van der Waals surface area contributed by atoms with Gasteiger partial charge in [-0.25, -0.2) is 9.97 Å². The molecule has 4 nitrogen and oxygen atoms in total. The Labute approximate surface area is 124 Å². The van der Waals surface area contributed by atoms with E-state index in [0.29, 0.717) is 5.41 Å². The van der Waals surface area contributed by atoms with E-state index in [4.69, 9.17) is 0 Å². The number of hydrogen-bond acceptors (Lipinski definition) is 5. The average molecular weight is 290 g/mol. The third-order valence-electron chi connectivity index (χ3n) is 5.66. The number of piperidine rings is 1. The van der Waals surface area contributed by atoms with E-state index in [0.717, 1.165) is 23.7 Å². The second-order valence-corrected chi connectivity index (χ2v) is 7.22. The first-order valence-electron chi connectivity index (χ1n) is 7.61. The van der Waals surface area contributed by atoms with Crippen molar-refractivity contribution < 1.29 is 0 Å². The summed E-state index contributed by atoms with van der Waals surface area (Å²) in [6.07, 6.45) is 10.2. The van der Waals surface area contributed by atoms with Crippen molar-refractivity contribution in [3.05, 3.63) is 18.0 Å². The Morgan fingerprint density at radius 1 is 1.45 bits per heavy atom. The van der Waals surface area contributed by atoms with Gasteiger partial charge in [0, 0.05) is 42.5 Å². The zero-order valence-corrected chi connectivity index (χ0v) is 12.8. The summed E-state index contributed by atoms with van der Waals surface area (Å²) in [4.78, 5) is 11.5. The van der Waals surface area contributed by atoms with Crippen molar-refractivity contribution in [1.29, 1.82) is 0 Å². The molecule has 20 heavy (non-hydrogen) atoms. The molecule has 0 bridgehead atoms. The molecule has 3 aliphatic rings. The highest BCUT2D eigenvalue weighted by Crippen LogP contribution is 2.58. The van der Waals surface area contributed by atoms with Gasteiger partial charge in [-0.05, 0) is 44.5 Å². The van der Waals surface area contributed by atoms with Gasteiger partial charge in [0.05, 0.1) is 0 Å². The van der Waals surface area contributed by atoms with Crippen molar-refractivity contribution >= 4 is 11.8 Å². The molecule has 3 atom stereocenters. The molecule has 0 aromatic carbocycles. The van der Waals surface area contributed by atoms with E-state index in [2.05, 4.69) is 20.2 Å². The van der Waals surface area contributed by atoms with E-state index in [-0.39, 0.29) is 0 Å². The molecule has 3 heterocycles. The molecule has 3 fully saturated rings. The first-order valence-corrected chi connectivity index (χ1v) is 8.84. The normalized spacial score (nSPS) is 36.2. The summed E-state index contributed by atoms with van der Waals surface area (Å²) in [7, 11) is 0. The van der Waals surface area contributed by atoms with Crippen molar-refractivity contribution in [3.63, 3.8) is 0 Å². The van der Waals surface area contributed by atoms with Gasteiger partial charge in [-0.15, -0.1) is 0 Å². The van der Waals surface area contributed by atoms with Gasteiger partial charge in [0.2, 0.25) is 0 Å². The van der Waals surface area contributed by atoms with Gasteiger partial charge < -0.3 is 5.32 Å². The maximum absolute atomic E-state index is 4.39. The highest BCUT2D eigenvalue weighted by Gasteiger charge is 2.60. The lowest BCUT2D eigenvalue weighted by Gasteiger charge is -2.57. The van der Waals surface area contributed by atoms with Crippen LogP contribution in [-0.4, -0.2) is 46.8 Å². The third-order valence-corrected chi connectivity index (χ3v) is 6.24. The van der Waals surface area contributed by atoms with Gasteiger partial charge in [-0.1, -0.05) is 11.8 Å². The topological polar surface area (TPSA) is 41.1 Å². The molecular weight excluding hydrogens is 268 g/mol. The zero-order chi connectivity index (χ0) is 13.6. The number of nitrogens with one attached hydrogen (secondary N) is 1. The maximum Gasteiger partial charge on any atom is 0.187 e. The molecule has 1 spiro atoms. The Morgan fingerprint density at radius 3 is 3.05 bits per heavy atom. The summed E-state index contributed by atoms with van der Waals surface area (Å²) in [6, 6.07) is 0.792. The monoisotopic (exact) mass is 290 g/mol. The Hall–Kier alpha value is -0.650. The zero-order valence-electron chi connectivity index (χ0n) is 12.0. The smallest absolute Gasteiger partial charge is 0.187 e. The number of hydrogen-bond donors (Lipinski definition) is 1. The average Bonchev–Trinajstić information content (AvgIpc) is 2.70. The van der Waals surface area contributed by atoms with Crippen LogP contribution in [0, 0.1) is 11.3 Å². The van der Waals surface area contributed by atoms with Crippen molar-refractivity contribution in [1.82, 2.24) is 20.2 Å². The highest BCUT2D eigenvalue weighted by atomic mass is 32.2. The van der Waals surface area contributed by atoms with Crippen LogP contribution >= 0.6 is 11.8 Å². The lowest BCUT2D eigenvalue weighted by molar-refractivity contribution is -0.0529. The van der Waals surface area contributed by atoms with Crippen molar-refractivity contribution in [2.45, 2.75) is 37.0 Å². The van der Waals surface area contributed by atoms with Gasteiger partial charge in [0.1, 0.15) is 0 Å². The molecule has 1 aromatic heterocycles. The Balaban J connectivity index is 1.45. The van der Waals surface area contributed by atoms with Crippen LogP contribution in [0.1, 0.15) is 24.8 Å². The van der Waals surface area contributed by atoms with E-state index >= 15 is 0 Å². The lowest BCUT2D eigenvalue weighted by atomic mass is 9.54. The summed E-state index contributed by atoms with van der Waals surface area (Å²) in [6.45, 7) is 4.73. The van der Waals surface area contributed by atoms with Crippen LogP contribution in [-0.2, 0) is 6.54 Å². The van der Waals surface area contributed by atoms with Gasteiger partial charge in [0.25, 0.3) is 0 Å². The van der Waals surface area contributed by atoms with E-state index in [1.54, 1.807) is 11.8 Å². The summed E-state index contributed by atoms with van der Waals surface area (Å²) in [5.74, 6) is 0.980. The molecule has 108 valence electrons. The van der Waals surface area contributed by atoms with E-state index in [1.165, 1.54) is 44.5 Å². The molecule has 4 rings (SSSR count). The molecule has 1 aromatic rings. The number of nitrogens with zero attached hydrogens (tertiary/aromatic N) is 3. The van der Waals surface area contributed by atoms with Crippen LogP contribution in [0.15, 0.2) is 17.6 Å². The van der Waals surface area contributed by atoms with E-state index < -0.39 is 0 Å². The van der Waals surface area contributed by atoms with Crippen LogP contribution < -0.4 is 5.32 Å². The van der Waals surface area contributed by atoms with Crippen LogP contribution in [0.3, 0.4) is 0 Å². The molecule has 1 saturated carbocycles. The minimum Gasteiger partial charge on any atom is -0.316 e. The second-order valence-electron chi connectivity index (χ2n) is 6.45. The quantitative estimate of drug-likeness (QED) is 0.679. The second kappa shape index (κ2) is 4.97. The van der Waals surface area contributed by atoms with Crippen LogP contribution in [0.4, 0.5) is 0 Å². The summed E-state index contributed by atoms with van der Waals surface area (Å²) < 4.78 is 0. The SMILES string of the molecule is CSc1ncc(CN2CCC34CNCCC3CC24)cn1. The van der Waals surface area contributed by atoms with Crippen molar-refractivity contribution in [3.8, 4) is 0 Å². The van der Waals surface area contributed by atoms with Crippen molar-refractivity contribution in [2.75, 3.05) is 25.9 Å². The van der Waals surface area contributed by atoms with E-state index in [9.17, 15) is 0 Å². The molecule has 3 unspecified atom stereocenters. The molecule has 2 saturated heterocycles. The van der Waals surface area contributed by atoms with Crippen LogP contribution in [0.25, 0.3) is 0 Å². The summed E-state index contributed by atoms with van der Waals surface area (Å²) in [5.41, 5.74) is 1.85.